The first kappa shape index (κ1) is 16.8. The van der Waals surface area contributed by atoms with Crippen molar-refractivity contribution in [2.24, 2.45) is 0 Å². The van der Waals surface area contributed by atoms with Crippen molar-refractivity contribution in [2.45, 2.75) is 59.5 Å². The third-order valence-corrected chi connectivity index (χ3v) is 3.33. The van der Waals surface area contributed by atoms with E-state index < -0.39 is 0 Å². The van der Waals surface area contributed by atoms with Crippen molar-refractivity contribution >= 4 is 0 Å². The van der Waals surface area contributed by atoms with Crippen molar-refractivity contribution in [3.05, 3.63) is 23.8 Å². The van der Waals surface area contributed by atoms with Gasteiger partial charge < -0.3 is 14.8 Å². The summed E-state index contributed by atoms with van der Waals surface area (Å²) in [4.78, 5) is 0. The Kier molecular flexibility index (Phi) is 8.12. The van der Waals surface area contributed by atoms with Gasteiger partial charge in [-0.3, -0.25) is 0 Å². The molecular formula is C17H29NO2. The zero-order valence-electron chi connectivity index (χ0n) is 13.4. The van der Waals surface area contributed by atoms with Crippen molar-refractivity contribution < 1.29 is 9.47 Å². The van der Waals surface area contributed by atoms with Gasteiger partial charge in [-0.2, -0.15) is 0 Å². The highest BCUT2D eigenvalue weighted by Crippen LogP contribution is 2.28. The molecule has 0 aliphatic rings. The first-order valence-electron chi connectivity index (χ1n) is 7.83. The highest BCUT2D eigenvalue weighted by Gasteiger charge is 2.07. The fourth-order valence-electron chi connectivity index (χ4n) is 1.81. The molecule has 1 unspecified atom stereocenters. The van der Waals surface area contributed by atoms with E-state index in [-0.39, 0.29) is 0 Å². The van der Waals surface area contributed by atoms with Crippen molar-refractivity contribution in [2.75, 3.05) is 13.2 Å². The minimum absolute atomic E-state index is 0.533. The normalized spacial score (nSPS) is 12.2. The Morgan fingerprint density at radius 2 is 1.90 bits per heavy atom. The molecule has 0 heterocycles. The molecule has 1 aromatic rings. The van der Waals surface area contributed by atoms with Crippen LogP contribution in [0.5, 0.6) is 11.5 Å². The predicted molar refractivity (Wildman–Crippen MR) is 84.6 cm³/mol. The monoisotopic (exact) mass is 279 g/mol. The van der Waals surface area contributed by atoms with Gasteiger partial charge in [0, 0.05) is 12.6 Å². The van der Waals surface area contributed by atoms with E-state index >= 15 is 0 Å². The third-order valence-electron chi connectivity index (χ3n) is 3.33. The van der Waals surface area contributed by atoms with Crippen LogP contribution < -0.4 is 14.8 Å². The highest BCUT2D eigenvalue weighted by molar-refractivity contribution is 5.43. The Labute approximate surface area is 123 Å². The number of rotatable bonds is 10. The fourth-order valence-corrected chi connectivity index (χ4v) is 1.81. The van der Waals surface area contributed by atoms with Crippen molar-refractivity contribution in [1.29, 1.82) is 0 Å². The van der Waals surface area contributed by atoms with E-state index in [0.29, 0.717) is 12.6 Å². The van der Waals surface area contributed by atoms with Gasteiger partial charge in [-0.25, -0.2) is 0 Å². The topological polar surface area (TPSA) is 30.5 Å². The van der Waals surface area contributed by atoms with Gasteiger partial charge in [-0.15, -0.1) is 0 Å². The van der Waals surface area contributed by atoms with Gasteiger partial charge >= 0.3 is 0 Å². The molecule has 0 saturated carbocycles. The molecule has 0 spiro atoms. The summed E-state index contributed by atoms with van der Waals surface area (Å²) in [6.07, 6.45) is 3.35. The summed E-state index contributed by atoms with van der Waals surface area (Å²) in [6, 6.07) is 6.75. The lowest BCUT2D eigenvalue weighted by Gasteiger charge is -2.15. The average Bonchev–Trinajstić information content (AvgIpc) is 2.47. The van der Waals surface area contributed by atoms with Crippen LogP contribution in [-0.2, 0) is 6.54 Å². The molecule has 0 aliphatic heterocycles. The van der Waals surface area contributed by atoms with Crippen molar-refractivity contribution in [1.82, 2.24) is 5.32 Å². The first-order chi connectivity index (χ1) is 9.71. The minimum Gasteiger partial charge on any atom is -0.490 e. The second kappa shape index (κ2) is 9.65. The van der Waals surface area contributed by atoms with Crippen LogP contribution >= 0.6 is 0 Å². The van der Waals surface area contributed by atoms with Gasteiger partial charge in [0.05, 0.1) is 13.2 Å². The van der Waals surface area contributed by atoms with Crippen LogP contribution in [0.2, 0.25) is 0 Å². The second-order valence-corrected chi connectivity index (χ2v) is 5.11. The maximum atomic E-state index is 5.79. The van der Waals surface area contributed by atoms with Crippen LogP contribution in [0.1, 0.15) is 52.5 Å². The summed E-state index contributed by atoms with van der Waals surface area (Å²) in [6.45, 7) is 10.8. The predicted octanol–water partition coefficient (Wildman–Crippen LogP) is 4.15. The van der Waals surface area contributed by atoms with Crippen LogP contribution in [0.15, 0.2) is 18.2 Å². The molecule has 0 aromatic heterocycles. The number of unbranched alkanes of at least 4 members (excludes halogenated alkanes) is 1. The molecule has 1 rings (SSSR count). The standard InChI is InChI=1S/C17H29NO2/c1-5-8-11-20-16-10-9-15(12-17(16)19-7-3)13-18-14(4)6-2/h9-10,12,14,18H,5-8,11,13H2,1-4H3. The Morgan fingerprint density at radius 1 is 1.10 bits per heavy atom. The molecule has 3 nitrogen and oxygen atoms in total. The largest absolute Gasteiger partial charge is 0.490 e. The fraction of sp³-hybridized carbons (Fsp3) is 0.647. The minimum atomic E-state index is 0.533. The lowest BCUT2D eigenvalue weighted by Crippen LogP contribution is -2.24. The van der Waals surface area contributed by atoms with Gasteiger partial charge in [0.15, 0.2) is 11.5 Å². The molecule has 0 fully saturated rings. The molecule has 1 atom stereocenters. The molecule has 114 valence electrons. The Morgan fingerprint density at radius 3 is 2.55 bits per heavy atom. The summed E-state index contributed by atoms with van der Waals surface area (Å²) in [7, 11) is 0. The third kappa shape index (κ3) is 5.83. The molecule has 1 aromatic carbocycles. The zero-order valence-corrected chi connectivity index (χ0v) is 13.4. The quantitative estimate of drug-likeness (QED) is 0.653. The van der Waals surface area contributed by atoms with E-state index in [1.54, 1.807) is 0 Å². The summed E-state index contributed by atoms with van der Waals surface area (Å²) in [5.74, 6) is 1.71. The van der Waals surface area contributed by atoms with Gasteiger partial charge in [0.1, 0.15) is 0 Å². The summed E-state index contributed by atoms with van der Waals surface area (Å²) < 4.78 is 11.5. The van der Waals surface area contributed by atoms with Crippen molar-refractivity contribution in [3.8, 4) is 11.5 Å². The number of hydrogen-bond acceptors (Lipinski definition) is 3. The molecule has 0 aliphatic carbocycles. The van der Waals surface area contributed by atoms with E-state index in [1.165, 1.54) is 5.56 Å². The highest BCUT2D eigenvalue weighted by atomic mass is 16.5. The van der Waals surface area contributed by atoms with Crippen LogP contribution in [0.3, 0.4) is 0 Å². The molecule has 1 N–H and O–H groups in total. The summed E-state index contributed by atoms with van der Waals surface area (Å²) in [5.41, 5.74) is 1.23. The first-order valence-corrected chi connectivity index (χ1v) is 7.83. The van der Waals surface area contributed by atoms with Crippen molar-refractivity contribution in [3.63, 3.8) is 0 Å². The van der Waals surface area contributed by atoms with E-state index in [4.69, 9.17) is 9.47 Å². The maximum Gasteiger partial charge on any atom is 0.161 e. The van der Waals surface area contributed by atoms with Gasteiger partial charge in [-0.1, -0.05) is 26.3 Å². The molecule has 0 radical (unpaired) electrons. The SMILES string of the molecule is CCCCOc1ccc(CNC(C)CC)cc1OCC. The van der Waals surface area contributed by atoms with E-state index in [0.717, 1.165) is 43.9 Å². The lowest BCUT2D eigenvalue weighted by atomic mass is 10.1. The maximum absolute atomic E-state index is 5.79. The lowest BCUT2D eigenvalue weighted by molar-refractivity contribution is 0.272. The van der Waals surface area contributed by atoms with Crippen LogP contribution in [0.25, 0.3) is 0 Å². The summed E-state index contributed by atoms with van der Waals surface area (Å²) >= 11 is 0. The number of ether oxygens (including phenoxy) is 2. The van der Waals surface area contributed by atoms with Gasteiger partial charge in [0.25, 0.3) is 0 Å². The smallest absolute Gasteiger partial charge is 0.161 e. The Balaban J connectivity index is 2.67. The number of benzene rings is 1. The van der Waals surface area contributed by atoms with E-state index in [2.05, 4.69) is 38.2 Å². The molecular weight excluding hydrogens is 250 g/mol. The molecule has 0 amide bonds. The molecule has 0 bridgehead atoms. The van der Waals surface area contributed by atoms with Crippen LogP contribution in [0, 0.1) is 0 Å². The summed E-state index contributed by atoms with van der Waals surface area (Å²) in [5, 5.41) is 3.49. The second-order valence-electron chi connectivity index (χ2n) is 5.11. The number of nitrogens with one attached hydrogen (secondary N) is 1. The number of hydrogen-bond donors (Lipinski definition) is 1. The average molecular weight is 279 g/mol. The van der Waals surface area contributed by atoms with Gasteiger partial charge in [0.2, 0.25) is 0 Å². The van der Waals surface area contributed by atoms with Gasteiger partial charge in [-0.05, 0) is 44.4 Å². The van der Waals surface area contributed by atoms with E-state index in [9.17, 15) is 0 Å². The van der Waals surface area contributed by atoms with Crippen LogP contribution in [-0.4, -0.2) is 19.3 Å². The Hall–Kier alpha value is -1.22. The molecule has 0 saturated heterocycles. The van der Waals surface area contributed by atoms with E-state index in [1.807, 2.05) is 13.0 Å². The zero-order chi connectivity index (χ0) is 14.8. The van der Waals surface area contributed by atoms with Crippen LogP contribution in [0.4, 0.5) is 0 Å². The molecule has 3 heteroatoms. The Bertz CT molecular complexity index is 379. The molecule has 20 heavy (non-hydrogen) atoms.